The maximum absolute atomic E-state index is 12.3. The molecule has 0 saturated carbocycles. The van der Waals surface area contributed by atoms with Gasteiger partial charge in [-0.3, -0.25) is 14.9 Å². The molecule has 0 aliphatic carbocycles. The van der Waals surface area contributed by atoms with Gasteiger partial charge >= 0.3 is 0 Å². The van der Waals surface area contributed by atoms with Crippen LogP contribution in [-0.4, -0.2) is 62.4 Å². The number of non-ortho nitro benzene ring substituents is 1. The minimum atomic E-state index is -0.408. The van der Waals surface area contributed by atoms with Crippen LogP contribution in [0.2, 0.25) is 0 Å². The fraction of sp³-hybridized carbons (Fsp3) is 0.400. The molecule has 0 bridgehead atoms. The number of amides is 1. The predicted octanol–water partition coefficient (Wildman–Crippen LogP) is 1.16. The van der Waals surface area contributed by atoms with Gasteiger partial charge in [-0.15, -0.1) is 10.2 Å². The van der Waals surface area contributed by atoms with E-state index in [1.165, 1.54) is 23.9 Å². The number of hydrogen-bond acceptors (Lipinski definition) is 7. The summed E-state index contributed by atoms with van der Waals surface area (Å²) in [5.41, 5.74) is 1.02. The smallest absolute Gasteiger partial charge is 0.269 e. The first-order valence-corrected chi connectivity index (χ1v) is 8.77. The Morgan fingerprint density at radius 2 is 1.92 bits per heavy atom. The van der Waals surface area contributed by atoms with Gasteiger partial charge in [0.15, 0.2) is 5.16 Å². The maximum Gasteiger partial charge on any atom is 0.269 e. The quantitative estimate of drug-likeness (QED) is 0.447. The van der Waals surface area contributed by atoms with Crippen LogP contribution in [-0.2, 0) is 11.8 Å². The van der Waals surface area contributed by atoms with Crippen LogP contribution < -0.4 is 4.90 Å². The van der Waals surface area contributed by atoms with E-state index in [9.17, 15) is 14.9 Å². The molecule has 2 aromatic rings. The van der Waals surface area contributed by atoms with Crippen molar-refractivity contribution in [3.63, 3.8) is 0 Å². The summed E-state index contributed by atoms with van der Waals surface area (Å²) < 4.78 is 1.78. The molecule has 25 heavy (non-hydrogen) atoms. The lowest BCUT2D eigenvalue weighted by Crippen LogP contribution is -2.49. The molecule has 0 unspecified atom stereocenters. The molecule has 2 heterocycles. The minimum absolute atomic E-state index is 0.0800. The van der Waals surface area contributed by atoms with Gasteiger partial charge in [-0.1, -0.05) is 11.8 Å². The van der Waals surface area contributed by atoms with Crippen LogP contribution in [0.15, 0.2) is 35.7 Å². The normalized spacial score (nSPS) is 14.6. The highest BCUT2D eigenvalue weighted by atomic mass is 32.2. The molecule has 1 aromatic heterocycles. The molecule has 132 valence electrons. The van der Waals surface area contributed by atoms with Crippen molar-refractivity contribution in [2.75, 3.05) is 36.8 Å². The number of nitro groups is 1. The zero-order valence-electron chi connectivity index (χ0n) is 13.7. The molecule has 0 radical (unpaired) electrons. The predicted molar refractivity (Wildman–Crippen MR) is 93.6 cm³/mol. The second-order valence-electron chi connectivity index (χ2n) is 5.65. The van der Waals surface area contributed by atoms with E-state index in [0.717, 1.165) is 10.8 Å². The van der Waals surface area contributed by atoms with E-state index in [2.05, 4.69) is 15.1 Å². The highest BCUT2D eigenvalue weighted by Gasteiger charge is 2.22. The molecule has 0 N–H and O–H groups in total. The molecule has 0 atom stereocenters. The van der Waals surface area contributed by atoms with Crippen molar-refractivity contribution in [2.24, 2.45) is 7.05 Å². The fourth-order valence-electron chi connectivity index (χ4n) is 2.62. The number of thioether (sulfide) groups is 1. The van der Waals surface area contributed by atoms with Gasteiger partial charge in [0.1, 0.15) is 6.33 Å². The van der Waals surface area contributed by atoms with Crippen molar-refractivity contribution >= 4 is 29.0 Å². The van der Waals surface area contributed by atoms with Crippen molar-refractivity contribution in [3.05, 3.63) is 40.7 Å². The van der Waals surface area contributed by atoms with Crippen LogP contribution in [0.25, 0.3) is 0 Å². The summed E-state index contributed by atoms with van der Waals surface area (Å²) in [5.74, 6) is 0.417. The minimum Gasteiger partial charge on any atom is -0.368 e. The number of aromatic nitrogens is 3. The fourth-order valence-corrected chi connectivity index (χ4v) is 3.41. The average Bonchev–Trinajstić information content (AvgIpc) is 3.05. The van der Waals surface area contributed by atoms with Crippen LogP contribution in [0.3, 0.4) is 0 Å². The first-order chi connectivity index (χ1) is 12.0. The number of aryl methyl sites for hydroxylation is 1. The molecule has 1 amide bonds. The van der Waals surface area contributed by atoms with Crippen molar-refractivity contribution in [2.45, 2.75) is 5.16 Å². The number of benzene rings is 1. The number of rotatable bonds is 5. The molecule has 1 aliphatic heterocycles. The summed E-state index contributed by atoms with van der Waals surface area (Å²) in [7, 11) is 1.84. The van der Waals surface area contributed by atoms with E-state index in [1.54, 1.807) is 23.0 Å². The maximum atomic E-state index is 12.3. The van der Waals surface area contributed by atoms with E-state index >= 15 is 0 Å². The molecule has 1 saturated heterocycles. The van der Waals surface area contributed by atoms with Gasteiger partial charge in [0, 0.05) is 51.0 Å². The summed E-state index contributed by atoms with van der Waals surface area (Å²) in [6.07, 6.45) is 1.61. The van der Waals surface area contributed by atoms with Crippen molar-refractivity contribution < 1.29 is 9.72 Å². The van der Waals surface area contributed by atoms with Gasteiger partial charge in [-0.25, -0.2) is 0 Å². The number of nitro benzene ring substituents is 1. The Kier molecular flexibility index (Phi) is 5.17. The summed E-state index contributed by atoms with van der Waals surface area (Å²) >= 11 is 1.38. The Bertz CT molecular complexity index is 755. The second-order valence-corrected chi connectivity index (χ2v) is 6.60. The Morgan fingerprint density at radius 1 is 1.24 bits per heavy atom. The van der Waals surface area contributed by atoms with Gasteiger partial charge < -0.3 is 14.4 Å². The second kappa shape index (κ2) is 7.51. The van der Waals surface area contributed by atoms with Crippen molar-refractivity contribution in [1.82, 2.24) is 19.7 Å². The lowest BCUT2D eigenvalue weighted by molar-refractivity contribution is -0.384. The number of carbonyl (C=O) groups is 1. The van der Waals surface area contributed by atoms with Gasteiger partial charge in [0.2, 0.25) is 5.91 Å². The third-order valence-electron chi connectivity index (χ3n) is 4.05. The van der Waals surface area contributed by atoms with Crippen LogP contribution >= 0.6 is 11.8 Å². The summed E-state index contributed by atoms with van der Waals surface area (Å²) in [6, 6.07) is 6.51. The van der Waals surface area contributed by atoms with Crippen LogP contribution in [0.1, 0.15) is 0 Å². The van der Waals surface area contributed by atoms with Crippen molar-refractivity contribution in [1.29, 1.82) is 0 Å². The van der Waals surface area contributed by atoms with Crippen LogP contribution in [0, 0.1) is 10.1 Å². The first kappa shape index (κ1) is 17.2. The van der Waals surface area contributed by atoms with Gasteiger partial charge in [-0.05, 0) is 12.1 Å². The number of nitrogens with zero attached hydrogens (tertiary/aromatic N) is 6. The SMILES string of the molecule is Cn1cnnc1SCC(=O)N1CCN(c2ccc([N+](=O)[O-])cc2)CC1. The number of carbonyl (C=O) groups excluding carboxylic acids is 1. The van der Waals surface area contributed by atoms with Gasteiger partial charge in [0.05, 0.1) is 10.7 Å². The Hall–Kier alpha value is -2.62. The molecular weight excluding hydrogens is 344 g/mol. The van der Waals surface area contributed by atoms with Crippen LogP contribution in [0.4, 0.5) is 11.4 Å². The molecule has 1 aromatic carbocycles. The molecular formula is C15H18N6O3S. The third-order valence-corrected chi connectivity index (χ3v) is 5.07. The standard InChI is InChI=1S/C15H18N6O3S/c1-18-11-16-17-15(18)25-10-14(22)20-8-6-19(7-9-20)12-2-4-13(5-3-12)21(23)24/h2-5,11H,6-10H2,1H3. The molecule has 0 spiro atoms. The zero-order valence-corrected chi connectivity index (χ0v) is 14.6. The third kappa shape index (κ3) is 4.08. The van der Waals surface area contributed by atoms with E-state index in [4.69, 9.17) is 0 Å². The van der Waals surface area contributed by atoms with Gasteiger partial charge in [0.25, 0.3) is 5.69 Å². The molecule has 1 aliphatic rings. The summed E-state index contributed by atoms with van der Waals surface area (Å²) in [4.78, 5) is 26.6. The number of hydrogen-bond donors (Lipinski definition) is 0. The zero-order chi connectivity index (χ0) is 17.8. The van der Waals surface area contributed by atoms with Crippen LogP contribution in [0.5, 0.6) is 0 Å². The van der Waals surface area contributed by atoms with E-state index in [0.29, 0.717) is 31.9 Å². The Morgan fingerprint density at radius 3 is 2.48 bits per heavy atom. The lowest BCUT2D eigenvalue weighted by atomic mass is 10.2. The molecule has 10 heteroatoms. The Balaban J connectivity index is 1.50. The number of anilines is 1. The molecule has 3 rings (SSSR count). The van der Waals surface area contributed by atoms with Gasteiger partial charge in [-0.2, -0.15) is 0 Å². The summed E-state index contributed by atoms with van der Waals surface area (Å²) in [5, 5.41) is 19.2. The van der Waals surface area contributed by atoms with Crippen molar-refractivity contribution in [3.8, 4) is 0 Å². The first-order valence-electron chi connectivity index (χ1n) is 7.78. The topological polar surface area (TPSA) is 97.4 Å². The van der Waals surface area contributed by atoms with E-state index in [-0.39, 0.29) is 11.6 Å². The largest absolute Gasteiger partial charge is 0.368 e. The summed E-state index contributed by atoms with van der Waals surface area (Å²) in [6.45, 7) is 2.68. The lowest BCUT2D eigenvalue weighted by Gasteiger charge is -2.36. The number of piperazine rings is 1. The highest BCUT2D eigenvalue weighted by molar-refractivity contribution is 7.99. The monoisotopic (exact) mass is 362 g/mol. The van der Waals surface area contributed by atoms with E-state index < -0.39 is 4.92 Å². The highest BCUT2D eigenvalue weighted by Crippen LogP contribution is 2.21. The molecule has 9 nitrogen and oxygen atoms in total. The molecule has 1 fully saturated rings. The van der Waals surface area contributed by atoms with E-state index in [1.807, 2.05) is 11.9 Å². The Labute approximate surface area is 148 Å². The average molecular weight is 362 g/mol.